The quantitative estimate of drug-likeness (QED) is 0.833. The lowest BCUT2D eigenvalue weighted by molar-refractivity contribution is 0.0767. The van der Waals surface area contributed by atoms with Gasteiger partial charge in [0.15, 0.2) is 0 Å². The standard InChI is InChI=1S/C11H14BrNO/c1-8-9(3-2-4-10(8)12)11-7-14-6-5-13-11/h2-4,11,13H,5-7H2,1H3. The molecule has 2 rings (SSSR count). The van der Waals surface area contributed by atoms with Crippen LogP contribution in [-0.4, -0.2) is 19.8 Å². The van der Waals surface area contributed by atoms with E-state index in [-0.39, 0.29) is 0 Å². The predicted octanol–water partition coefficient (Wildman–Crippen LogP) is 2.42. The van der Waals surface area contributed by atoms with Gasteiger partial charge in [0.05, 0.1) is 19.3 Å². The van der Waals surface area contributed by atoms with Crippen molar-refractivity contribution >= 4 is 15.9 Å². The number of hydrogen-bond donors (Lipinski definition) is 1. The van der Waals surface area contributed by atoms with E-state index in [4.69, 9.17) is 4.74 Å². The highest BCUT2D eigenvalue weighted by atomic mass is 79.9. The molecule has 0 aliphatic carbocycles. The Morgan fingerprint density at radius 2 is 2.36 bits per heavy atom. The fourth-order valence-corrected chi connectivity index (χ4v) is 2.15. The molecule has 1 saturated heterocycles. The second kappa shape index (κ2) is 4.43. The molecule has 1 aromatic rings. The Balaban J connectivity index is 2.26. The van der Waals surface area contributed by atoms with Crippen LogP contribution in [0.25, 0.3) is 0 Å². The second-order valence-corrected chi connectivity index (χ2v) is 4.39. The van der Waals surface area contributed by atoms with Gasteiger partial charge in [-0.05, 0) is 24.1 Å². The number of halogens is 1. The molecule has 76 valence electrons. The van der Waals surface area contributed by atoms with Gasteiger partial charge in [-0.1, -0.05) is 28.1 Å². The van der Waals surface area contributed by atoms with Gasteiger partial charge in [0.2, 0.25) is 0 Å². The van der Waals surface area contributed by atoms with Crippen molar-refractivity contribution in [2.45, 2.75) is 13.0 Å². The van der Waals surface area contributed by atoms with Crippen molar-refractivity contribution in [1.82, 2.24) is 5.32 Å². The van der Waals surface area contributed by atoms with E-state index in [0.717, 1.165) is 19.8 Å². The van der Waals surface area contributed by atoms with Crippen LogP contribution in [0.5, 0.6) is 0 Å². The highest BCUT2D eigenvalue weighted by Gasteiger charge is 2.17. The summed E-state index contributed by atoms with van der Waals surface area (Å²) < 4.78 is 6.62. The lowest BCUT2D eigenvalue weighted by atomic mass is 10.0. The van der Waals surface area contributed by atoms with Crippen molar-refractivity contribution in [1.29, 1.82) is 0 Å². The Labute approximate surface area is 92.8 Å². The summed E-state index contributed by atoms with van der Waals surface area (Å²) in [7, 11) is 0. The Morgan fingerprint density at radius 1 is 1.50 bits per heavy atom. The third-order valence-electron chi connectivity index (χ3n) is 2.61. The fourth-order valence-electron chi connectivity index (χ4n) is 1.77. The van der Waals surface area contributed by atoms with E-state index in [1.807, 2.05) is 0 Å². The fraction of sp³-hybridized carbons (Fsp3) is 0.455. The van der Waals surface area contributed by atoms with Gasteiger partial charge in [-0.15, -0.1) is 0 Å². The molecule has 0 aromatic heterocycles. The van der Waals surface area contributed by atoms with Gasteiger partial charge < -0.3 is 10.1 Å². The summed E-state index contributed by atoms with van der Waals surface area (Å²) in [5.41, 5.74) is 2.63. The van der Waals surface area contributed by atoms with E-state index in [1.165, 1.54) is 15.6 Å². The summed E-state index contributed by atoms with van der Waals surface area (Å²) >= 11 is 3.54. The minimum absolute atomic E-state index is 0.348. The smallest absolute Gasteiger partial charge is 0.0662 e. The predicted molar refractivity (Wildman–Crippen MR) is 60.4 cm³/mol. The molecule has 1 heterocycles. The van der Waals surface area contributed by atoms with Crippen LogP contribution in [0, 0.1) is 6.92 Å². The number of rotatable bonds is 1. The molecule has 3 heteroatoms. The maximum absolute atomic E-state index is 5.45. The molecular weight excluding hydrogens is 242 g/mol. The van der Waals surface area contributed by atoms with Gasteiger partial charge in [-0.3, -0.25) is 0 Å². The van der Waals surface area contributed by atoms with Gasteiger partial charge in [0.1, 0.15) is 0 Å². The largest absolute Gasteiger partial charge is 0.378 e. The highest BCUT2D eigenvalue weighted by molar-refractivity contribution is 9.10. The molecule has 0 amide bonds. The lowest BCUT2D eigenvalue weighted by Crippen LogP contribution is -2.34. The van der Waals surface area contributed by atoms with Crippen LogP contribution in [0.1, 0.15) is 17.2 Å². The molecule has 1 fully saturated rings. The van der Waals surface area contributed by atoms with E-state index < -0.39 is 0 Å². The van der Waals surface area contributed by atoms with E-state index in [2.05, 4.69) is 46.4 Å². The molecule has 0 radical (unpaired) electrons. The van der Waals surface area contributed by atoms with Crippen LogP contribution in [0.3, 0.4) is 0 Å². The molecule has 1 unspecified atom stereocenters. The third kappa shape index (κ3) is 2.00. The van der Waals surface area contributed by atoms with Crippen molar-refractivity contribution in [3.05, 3.63) is 33.8 Å². The highest BCUT2D eigenvalue weighted by Crippen LogP contribution is 2.25. The maximum atomic E-state index is 5.45. The molecule has 0 bridgehead atoms. The molecule has 1 aromatic carbocycles. The normalized spacial score (nSPS) is 22.3. The van der Waals surface area contributed by atoms with Crippen LogP contribution >= 0.6 is 15.9 Å². The maximum Gasteiger partial charge on any atom is 0.0662 e. The summed E-state index contributed by atoms with van der Waals surface area (Å²) in [6, 6.07) is 6.65. The summed E-state index contributed by atoms with van der Waals surface area (Å²) in [4.78, 5) is 0. The first kappa shape index (κ1) is 10.1. The zero-order valence-electron chi connectivity index (χ0n) is 8.22. The van der Waals surface area contributed by atoms with E-state index >= 15 is 0 Å². The third-order valence-corrected chi connectivity index (χ3v) is 3.47. The second-order valence-electron chi connectivity index (χ2n) is 3.54. The van der Waals surface area contributed by atoms with Crippen LogP contribution < -0.4 is 5.32 Å². The van der Waals surface area contributed by atoms with Crippen molar-refractivity contribution in [2.75, 3.05) is 19.8 Å². The van der Waals surface area contributed by atoms with Gasteiger partial charge >= 0.3 is 0 Å². The molecule has 1 N–H and O–H groups in total. The van der Waals surface area contributed by atoms with Gasteiger partial charge in [0, 0.05) is 11.0 Å². The summed E-state index contributed by atoms with van der Waals surface area (Å²) in [6.07, 6.45) is 0. The molecule has 1 atom stereocenters. The molecule has 1 aliphatic rings. The number of morpholine rings is 1. The zero-order chi connectivity index (χ0) is 9.97. The minimum Gasteiger partial charge on any atom is -0.378 e. The van der Waals surface area contributed by atoms with Crippen molar-refractivity contribution in [2.24, 2.45) is 0 Å². The first-order valence-corrected chi connectivity index (χ1v) is 5.64. The average Bonchev–Trinajstić information content (AvgIpc) is 2.23. The van der Waals surface area contributed by atoms with Crippen molar-refractivity contribution in [3.63, 3.8) is 0 Å². The Kier molecular flexibility index (Phi) is 3.21. The molecule has 0 saturated carbocycles. The SMILES string of the molecule is Cc1c(Br)cccc1C1COCCN1. The summed E-state index contributed by atoms with van der Waals surface area (Å²) in [6.45, 7) is 4.67. The summed E-state index contributed by atoms with van der Waals surface area (Å²) in [5.74, 6) is 0. The molecular formula is C11H14BrNO. The zero-order valence-corrected chi connectivity index (χ0v) is 9.80. The lowest BCUT2D eigenvalue weighted by Gasteiger charge is -2.25. The number of nitrogens with one attached hydrogen (secondary N) is 1. The molecule has 1 aliphatic heterocycles. The average molecular weight is 256 g/mol. The van der Waals surface area contributed by atoms with Crippen LogP contribution in [0.2, 0.25) is 0 Å². The number of benzene rings is 1. The first-order chi connectivity index (χ1) is 6.79. The van der Waals surface area contributed by atoms with Crippen molar-refractivity contribution < 1.29 is 4.74 Å². The van der Waals surface area contributed by atoms with Crippen LogP contribution in [0.4, 0.5) is 0 Å². The Hall–Kier alpha value is -0.380. The van der Waals surface area contributed by atoms with Crippen LogP contribution in [-0.2, 0) is 4.74 Å². The minimum atomic E-state index is 0.348. The molecule has 0 spiro atoms. The number of hydrogen-bond acceptors (Lipinski definition) is 2. The Morgan fingerprint density at radius 3 is 3.07 bits per heavy atom. The molecule has 14 heavy (non-hydrogen) atoms. The van der Waals surface area contributed by atoms with Crippen molar-refractivity contribution in [3.8, 4) is 0 Å². The first-order valence-electron chi connectivity index (χ1n) is 4.85. The van der Waals surface area contributed by atoms with Gasteiger partial charge in [-0.25, -0.2) is 0 Å². The topological polar surface area (TPSA) is 21.3 Å². The number of ether oxygens (including phenoxy) is 1. The van der Waals surface area contributed by atoms with E-state index in [9.17, 15) is 0 Å². The molecule has 2 nitrogen and oxygen atoms in total. The van der Waals surface area contributed by atoms with Crippen LogP contribution in [0.15, 0.2) is 22.7 Å². The van der Waals surface area contributed by atoms with E-state index in [1.54, 1.807) is 0 Å². The summed E-state index contributed by atoms with van der Waals surface area (Å²) in [5, 5.41) is 3.46. The Bertz CT molecular complexity index is 321. The van der Waals surface area contributed by atoms with Gasteiger partial charge in [0.25, 0.3) is 0 Å². The van der Waals surface area contributed by atoms with E-state index in [0.29, 0.717) is 6.04 Å². The monoisotopic (exact) mass is 255 g/mol. The van der Waals surface area contributed by atoms with Gasteiger partial charge in [-0.2, -0.15) is 0 Å².